The molecule has 0 radical (unpaired) electrons. The van der Waals surface area contributed by atoms with E-state index in [9.17, 15) is 0 Å². The molecule has 4 nitrogen and oxygen atoms in total. The van der Waals surface area contributed by atoms with Crippen molar-refractivity contribution in [1.82, 2.24) is 9.97 Å². The summed E-state index contributed by atoms with van der Waals surface area (Å²) in [4.78, 5) is 18.0. The van der Waals surface area contributed by atoms with Gasteiger partial charge >= 0.3 is 0 Å². The molecule has 0 atom stereocenters. The molecule has 20 rings (SSSR count). The fourth-order valence-electron chi connectivity index (χ4n) is 15.5. The molecule has 18 aromatic rings. The lowest BCUT2D eigenvalue weighted by atomic mass is 9.97. The van der Waals surface area contributed by atoms with Crippen molar-refractivity contribution in [3.05, 3.63) is 376 Å². The Kier molecular flexibility index (Phi) is 14.9. The molecule has 2 aliphatic rings. The maximum Gasteiger partial charge on any atom is 0.124 e. The summed E-state index contributed by atoms with van der Waals surface area (Å²) in [5.41, 5.74) is 32.3. The third-order valence-electron chi connectivity index (χ3n) is 20.7. The smallest absolute Gasteiger partial charge is 0.124 e. The van der Waals surface area contributed by atoms with Crippen molar-refractivity contribution in [1.29, 1.82) is 0 Å². The van der Waals surface area contributed by atoms with Gasteiger partial charge in [-0.3, -0.25) is 0 Å². The molecule has 0 saturated carbocycles. The van der Waals surface area contributed by atoms with Gasteiger partial charge < -0.3 is 9.80 Å². The fraction of sp³-hybridized carbons (Fsp3) is 0. The van der Waals surface area contributed by atoms with Crippen LogP contribution in [0.2, 0.25) is 0 Å². The van der Waals surface area contributed by atoms with Gasteiger partial charge in [-0.2, -0.15) is 0 Å². The van der Waals surface area contributed by atoms with Crippen LogP contribution >= 0.6 is 22.7 Å². The molecule has 486 valence electrons. The molecule has 0 N–H and O–H groups in total. The quantitative estimate of drug-likeness (QED) is 0.102. The fourth-order valence-corrected chi connectivity index (χ4v) is 17.8. The van der Waals surface area contributed by atoms with Gasteiger partial charge in [0.15, 0.2) is 0 Å². The minimum atomic E-state index is 1.02. The molecule has 0 saturated heterocycles. The maximum atomic E-state index is 5.44. The summed E-state index contributed by atoms with van der Waals surface area (Å²) in [5.74, 6) is 0. The molecular formula is C98H62N4S2. The molecular weight excluding hydrogens is 1300 g/mol. The van der Waals surface area contributed by atoms with Crippen LogP contribution in [0.1, 0.15) is 0 Å². The number of nitrogens with zero attached hydrogens (tertiary/aromatic N) is 4. The van der Waals surface area contributed by atoms with Gasteiger partial charge in [-0.05, 0) is 145 Å². The summed E-state index contributed by atoms with van der Waals surface area (Å²) in [6.45, 7) is 0. The summed E-state index contributed by atoms with van der Waals surface area (Å²) in [6.07, 6.45) is 0. The molecule has 6 heteroatoms. The van der Waals surface area contributed by atoms with E-state index in [0.29, 0.717) is 0 Å². The lowest BCUT2D eigenvalue weighted by molar-refractivity contribution is 1.30. The van der Waals surface area contributed by atoms with Gasteiger partial charge in [0.05, 0.1) is 32.5 Å². The Labute approximate surface area is 612 Å². The van der Waals surface area contributed by atoms with E-state index in [1.807, 2.05) is 0 Å². The molecule has 2 heterocycles. The van der Waals surface area contributed by atoms with E-state index in [-0.39, 0.29) is 0 Å². The molecule has 16 aromatic carbocycles. The first-order chi connectivity index (χ1) is 51.5. The number of fused-ring (bicyclic) bond motifs is 6. The second-order valence-electron chi connectivity index (χ2n) is 26.8. The Bertz CT molecular complexity index is 6220. The number of thiazole rings is 2. The Morgan fingerprint density at radius 2 is 0.471 bits per heavy atom. The van der Waals surface area contributed by atoms with Crippen LogP contribution in [0.5, 0.6) is 0 Å². The van der Waals surface area contributed by atoms with Crippen LogP contribution in [0.15, 0.2) is 376 Å². The molecule has 0 fully saturated rings. The van der Waals surface area contributed by atoms with Crippen LogP contribution in [-0.4, -0.2) is 9.97 Å². The monoisotopic (exact) mass is 1360 g/mol. The van der Waals surface area contributed by atoms with Crippen LogP contribution in [0.4, 0.5) is 34.1 Å². The number of benzene rings is 16. The molecule has 0 spiro atoms. The normalized spacial score (nSPS) is 11.7. The second kappa shape index (κ2) is 25.5. The summed E-state index contributed by atoms with van der Waals surface area (Å²) in [7, 11) is 0. The van der Waals surface area contributed by atoms with Crippen molar-refractivity contribution >= 4 is 78.3 Å². The minimum absolute atomic E-state index is 1.02. The zero-order chi connectivity index (χ0) is 68.6. The van der Waals surface area contributed by atoms with E-state index in [2.05, 4.69) is 386 Å². The number of anilines is 6. The highest BCUT2D eigenvalue weighted by Crippen LogP contribution is 2.56. The topological polar surface area (TPSA) is 32.3 Å². The van der Waals surface area contributed by atoms with Crippen molar-refractivity contribution in [2.45, 2.75) is 0 Å². The first-order valence-electron chi connectivity index (χ1n) is 35.3. The van der Waals surface area contributed by atoms with Crippen molar-refractivity contribution < 1.29 is 0 Å². The van der Waals surface area contributed by atoms with E-state index in [4.69, 9.17) is 9.97 Å². The highest BCUT2D eigenvalue weighted by molar-refractivity contribution is 7.19. The Hall–Kier alpha value is -13.1. The number of rotatable bonds is 15. The van der Waals surface area contributed by atoms with Crippen molar-refractivity contribution in [3.63, 3.8) is 0 Å². The van der Waals surface area contributed by atoms with Crippen molar-refractivity contribution in [2.24, 2.45) is 0 Å². The van der Waals surface area contributed by atoms with Gasteiger partial charge in [0.1, 0.15) is 10.0 Å². The standard InChI is InChI=1S/C98H62N4S2/c1-5-17-63(18-6-1)71-45-51-79(52-46-71)101(80-55-49-73(50-56-80)77-26-13-25-76(61-77)64-19-7-2-8-20-64)89-59-57-85-91-83(89)29-15-31-87(91)96-94(85)100-98(104-96)75-43-41-70(42-44-75)68-35-33-66(34-36-68)67-37-39-69(40-38-67)72-47-53-81(54-48-72)102(82-28-14-27-78(62-82)65-21-9-3-10-22-65)90-60-58-86-92-84(90)30-16-32-88(92)95-93(86)99-97(103-95)74-23-11-4-12-24-74/h1-62H. The molecule has 2 aromatic heterocycles. The van der Waals surface area contributed by atoms with E-state index in [0.717, 1.165) is 77.8 Å². The largest absolute Gasteiger partial charge is 0.310 e. The van der Waals surface area contributed by atoms with E-state index in [1.54, 1.807) is 22.7 Å². The van der Waals surface area contributed by atoms with E-state index >= 15 is 0 Å². The molecule has 0 aliphatic heterocycles. The number of aromatic nitrogens is 2. The van der Waals surface area contributed by atoms with E-state index < -0.39 is 0 Å². The molecule has 0 amide bonds. The van der Waals surface area contributed by atoms with Gasteiger partial charge in [0.2, 0.25) is 0 Å². The van der Waals surface area contributed by atoms with Gasteiger partial charge in [-0.25, -0.2) is 9.97 Å². The van der Waals surface area contributed by atoms with Crippen LogP contribution in [0.25, 0.3) is 164 Å². The average Bonchev–Trinajstić information content (AvgIpc) is 1.56. The highest BCUT2D eigenvalue weighted by atomic mass is 32.1. The maximum absolute atomic E-state index is 5.44. The number of hydrogen-bond acceptors (Lipinski definition) is 6. The van der Waals surface area contributed by atoms with Gasteiger partial charge in [-0.15, -0.1) is 22.7 Å². The summed E-state index contributed by atoms with van der Waals surface area (Å²) < 4.78 is 0. The zero-order valence-corrected chi connectivity index (χ0v) is 58.0. The second-order valence-corrected chi connectivity index (χ2v) is 28.8. The average molecular weight is 1360 g/mol. The van der Waals surface area contributed by atoms with Crippen LogP contribution in [0.3, 0.4) is 0 Å². The van der Waals surface area contributed by atoms with Gasteiger partial charge in [0, 0.05) is 77.7 Å². The van der Waals surface area contributed by atoms with Crippen molar-refractivity contribution in [2.75, 3.05) is 9.80 Å². The lowest BCUT2D eigenvalue weighted by Gasteiger charge is -2.28. The Morgan fingerprint density at radius 1 is 0.192 bits per heavy atom. The van der Waals surface area contributed by atoms with Crippen LogP contribution in [0, 0.1) is 0 Å². The molecule has 0 unspecified atom stereocenters. The highest BCUT2D eigenvalue weighted by Gasteiger charge is 2.31. The predicted molar refractivity (Wildman–Crippen MR) is 440 cm³/mol. The van der Waals surface area contributed by atoms with Crippen LogP contribution in [-0.2, 0) is 0 Å². The third kappa shape index (κ3) is 10.7. The van der Waals surface area contributed by atoms with Gasteiger partial charge in [0.25, 0.3) is 0 Å². The molecule has 2 aliphatic carbocycles. The SMILES string of the molecule is c1ccc(-c2ccc(N(c3ccc(-c4cccc(-c5ccccc5)c4)cc3)c3ccc4c5c(cccc35)-c3sc(-c5ccc(-c6ccc(-c7ccc(-c8ccc(N(c9cccc(-c%10ccccc%10)c9)c9ccc%10c%11c(cccc9%11)-c9sc(-c%11ccccc%11)nc9-%10)cc8)cc7)cc6)cc5)nc3-4)cc2)cc1. The summed E-state index contributed by atoms with van der Waals surface area (Å²) in [6, 6.07) is 137. The van der Waals surface area contributed by atoms with Crippen molar-refractivity contribution in [3.8, 4) is 142 Å². The minimum Gasteiger partial charge on any atom is -0.310 e. The number of hydrogen-bond donors (Lipinski definition) is 0. The summed E-state index contributed by atoms with van der Waals surface area (Å²) >= 11 is 3.57. The van der Waals surface area contributed by atoms with Crippen LogP contribution < -0.4 is 9.80 Å². The van der Waals surface area contributed by atoms with Gasteiger partial charge in [-0.1, -0.05) is 309 Å². The third-order valence-corrected chi connectivity index (χ3v) is 23.0. The Balaban J connectivity index is 0.550. The molecule has 0 bridgehead atoms. The summed E-state index contributed by atoms with van der Waals surface area (Å²) in [5, 5.41) is 6.96. The first kappa shape index (κ1) is 60.8. The zero-order valence-electron chi connectivity index (χ0n) is 56.4. The molecule has 104 heavy (non-hydrogen) atoms. The lowest BCUT2D eigenvalue weighted by Crippen LogP contribution is -2.10. The first-order valence-corrected chi connectivity index (χ1v) is 37.0. The van der Waals surface area contributed by atoms with E-state index in [1.165, 1.54) is 120 Å². The predicted octanol–water partition coefficient (Wildman–Crippen LogP) is 28.1. The Morgan fingerprint density at radius 3 is 0.865 bits per heavy atom.